The molecule has 0 amide bonds. The van der Waals surface area contributed by atoms with E-state index in [9.17, 15) is 9.59 Å². The highest BCUT2D eigenvalue weighted by Gasteiger charge is 2.52. The van der Waals surface area contributed by atoms with Gasteiger partial charge in [0.25, 0.3) is 0 Å². The zero-order valence-electron chi connectivity index (χ0n) is 10.7. The van der Waals surface area contributed by atoms with Crippen LogP contribution in [0.15, 0.2) is 11.6 Å². The molecule has 0 aromatic carbocycles. The lowest BCUT2D eigenvalue weighted by atomic mass is 9.58. The third-order valence-electron chi connectivity index (χ3n) is 3.82. The van der Waals surface area contributed by atoms with Crippen LogP contribution in [-0.2, 0) is 14.3 Å². The predicted octanol–water partition coefficient (Wildman–Crippen LogP) is 2.50. The van der Waals surface area contributed by atoms with Crippen LogP contribution in [0.25, 0.3) is 0 Å². The van der Waals surface area contributed by atoms with Gasteiger partial charge in [-0.05, 0) is 32.3 Å². The minimum Gasteiger partial charge on any atom is -0.465 e. The Morgan fingerprint density at radius 1 is 1.44 bits per heavy atom. The molecule has 1 rings (SSSR count). The van der Waals surface area contributed by atoms with Crippen LogP contribution in [0.3, 0.4) is 0 Å². The van der Waals surface area contributed by atoms with E-state index in [-0.39, 0.29) is 11.8 Å². The number of hydrogen-bond donors (Lipinski definition) is 0. The van der Waals surface area contributed by atoms with Crippen molar-refractivity contribution in [3.63, 3.8) is 0 Å². The molecule has 1 aliphatic carbocycles. The van der Waals surface area contributed by atoms with Crippen molar-refractivity contribution < 1.29 is 14.3 Å². The molecule has 0 aromatic heterocycles. The molecule has 1 aliphatic rings. The van der Waals surface area contributed by atoms with Gasteiger partial charge in [-0.2, -0.15) is 0 Å². The Bertz CT molecular complexity index is 352. The van der Waals surface area contributed by atoms with Crippen LogP contribution in [0.5, 0.6) is 0 Å². The lowest BCUT2D eigenvalue weighted by Gasteiger charge is -2.44. The molecule has 90 valence electrons. The Hall–Kier alpha value is -1.12. The Kier molecular flexibility index (Phi) is 3.27. The van der Waals surface area contributed by atoms with E-state index < -0.39 is 10.8 Å². The van der Waals surface area contributed by atoms with Gasteiger partial charge in [0, 0.05) is 6.42 Å². The van der Waals surface area contributed by atoms with Gasteiger partial charge in [-0.15, -0.1) is 0 Å². The fourth-order valence-electron chi connectivity index (χ4n) is 2.30. The van der Waals surface area contributed by atoms with Crippen LogP contribution in [-0.4, -0.2) is 18.4 Å². The summed E-state index contributed by atoms with van der Waals surface area (Å²) in [6.45, 7) is 9.74. The van der Waals surface area contributed by atoms with Gasteiger partial charge in [-0.25, -0.2) is 0 Å². The summed E-state index contributed by atoms with van der Waals surface area (Å²) in [4.78, 5) is 23.6. The summed E-state index contributed by atoms with van der Waals surface area (Å²) >= 11 is 0. The quantitative estimate of drug-likeness (QED) is 0.677. The molecule has 3 heteroatoms. The van der Waals surface area contributed by atoms with Crippen molar-refractivity contribution in [2.75, 3.05) is 6.61 Å². The SMILES string of the molecule is CCOC(=O)C1(C)C(C)=CC(=O)CC1(C)C. The third-order valence-corrected chi connectivity index (χ3v) is 3.82. The minimum atomic E-state index is -0.697. The molecule has 0 fully saturated rings. The molecule has 3 nitrogen and oxygen atoms in total. The maximum atomic E-state index is 12.1. The van der Waals surface area contributed by atoms with Gasteiger partial charge in [0.05, 0.1) is 12.0 Å². The molecule has 0 N–H and O–H groups in total. The van der Waals surface area contributed by atoms with Crippen molar-refractivity contribution in [2.45, 2.75) is 41.0 Å². The number of rotatable bonds is 2. The Morgan fingerprint density at radius 3 is 2.44 bits per heavy atom. The van der Waals surface area contributed by atoms with Crippen LogP contribution in [0.2, 0.25) is 0 Å². The fraction of sp³-hybridized carbons (Fsp3) is 0.692. The summed E-state index contributed by atoms with van der Waals surface area (Å²) in [7, 11) is 0. The van der Waals surface area contributed by atoms with Crippen LogP contribution < -0.4 is 0 Å². The van der Waals surface area contributed by atoms with Crippen LogP contribution >= 0.6 is 0 Å². The van der Waals surface area contributed by atoms with E-state index in [1.54, 1.807) is 13.0 Å². The van der Waals surface area contributed by atoms with Crippen LogP contribution in [0.4, 0.5) is 0 Å². The maximum Gasteiger partial charge on any atom is 0.316 e. The van der Waals surface area contributed by atoms with E-state index in [0.29, 0.717) is 13.0 Å². The maximum absolute atomic E-state index is 12.1. The largest absolute Gasteiger partial charge is 0.465 e. The van der Waals surface area contributed by atoms with E-state index in [2.05, 4.69) is 0 Å². The number of allylic oxidation sites excluding steroid dienone is 1. The first-order chi connectivity index (χ1) is 7.25. The van der Waals surface area contributed by atoms with Crippen molar-refractivity contribution in [3.05, 3.63) is 11.6 Å². The lowest BCUT2D eigenvalue weighted by Crippen LogP contribution is -2.47. The highest BCUT2D eigenvalue weighted by Crippen LogP contribution is 2.50. The van der Waals surface area contributed by atoms with Crippen molar-refractivity contribution in [1.82, 2.24) is 0 Å². The molecule has 0 spiro atoms. The molecule has 0 aromatic rings. The number of carbonyl (C=O) groups is 2. The summed E-state index contributed by atoms with van der Waals surface area (Å²) < 4.78 is 5.13. The first kappa shape index (κ1) is 12.9. The van der Waals surface area contributed by atoms with E-state index in [0.717, 1.165) is 5.57 Å². The lowest BCUT2D eigenvalue weighted by molar-refractivity contribution is -0.159. The van der Waals surface area contributed by atoms with E-state index >= 15 is 0 Å². The van der Waals surface area contributed by atoms with E-state index in [1.807, 2.05) is 27.7 Å². The number of hydrogen-bond acceptors (Lipinski definition) is 3. The van der Waals surface area contributed by atoms with Crippen molar-refractivity contribution in [1.29, 1.82) is 0 Å². The van der Waals surface area contributed by atoms with Gasteiger partial charge in [0.15, 0.2) is 5.78 Å². The molecular formula is C13H20O3. The minimum absolute atomic E-state index is 0.0873. The second-order valence-corrected chi connectivity index (χ2v) is 5.20. The molecule has 1 atom stereocenters. The van der Waals surface area contributed by atoms with Gasteiger partial charge in [0.1, 0.15) is 0 Å². The van der Waals surface area contributed by atoms with Crippen LogP contribution in [0, 0.1) is 10.8 Å². The van der Waals surface area contributed by atoms with Crippen molar-refractivity contribution in [2.24, 2.45) is 10.8 Å². The zero-order chi connectivity index (χ0) is 12.6. The van der Waals surface area contributed by atoms with Gasteiger partial charge in [-0.1, -0.05) is 19.4 Å². The zero-order valence-corrected chi connectivity index (χ0v) is 10.7. The second kappa shape index (κ2) is 4.04. The monoisotopic (exact) mass is 224 g/mol. The second-order valence-electron chi connectivity index (χ2n) is 5.20. The summed E-state index contributed by atoms with van der Waals surface area (Å²) in [6, 6.07) is 0. The molecule has 0 saturated heterocycles. The number of ether oxygens (including phenoxy) is 1. The normalized spacial score (nSPS) is 28.6. The molecule has 0 heterocycles. The van der Waals surface area contributed by atoms with Gasteiger partial charge in [0.2, 0.25) is 0 Å². The molecule has 16 heavy (non-hydrogen) atoms. The highest BCUT2D eigenvalue weighted by molar-refractivity contribution is 5.96. The predicted molar refractivity (Wildman–Crippen MR) is 61.9 cm³/mol. The van der Waals surface area contributed by atoms with Crippen LogP contribution in [0.1, 0.15) is 41.0 Å². The molecule has 0 aliphatic heterocycles. The average Bonchev–Trinajstić information content (AvgIpc) is 2.13. The van der Waals surface area contributed by atoms with Gasteiger partial charge in [-0.3, -0.25) is 9.59 Å². The van der Waals surface area contributed by atoms with Gasteiger partial charge < -0.3 is 4.74 Å². The number of carbonyl (C=O) groups excluding carboxylic acids is 2. The standard InChI is InChI=1S/C13H20O3/c1-6-16-11(15)13(5)9(2)7-10(14)8-12(13,3)4/h7H,6,8H2,1-5H3. The van der Waals surface area contributed by atoms with E-state index in [1.165, 1.54) is 0 Å². The smallest absolute Gasteiger partial charge is 0.316 e. The first-order valence-corrected chi connectivity index (χ1v) is 5.64. The molecule has 1 unspecified atom stereocenters. The summed E-state index contributed by atoms with van der Waals surface area (Å²) in [5.41, 5.74) is -0.293. The topological polar surface area (TPSA) is 43.4 Å². The molecular weight excluding hydrogens is 204 g/mol. The molecule has 0 radical (unpaired) electrons. The number of ketones is 1. The summed E-state index contributed by atoms with van der Waals surface area (Å²) in [5, 5.41) is 0. The fourth-order valence-corrected chi connectivity index (χ4v) is 2.30. The first-order valence-electron chi connectivity index (χ1n) is 5.64. The third kappa shape index (κ3) is 1.79. The van der Waals surface area contributed by atoms with Gasteiger partial charge >= 0.3 is 5.97 Å². The van der Waals surface area contributed by atoms with E-state index in [4.69, 9.17) is 4.74 Å². The highest BCUT2D eigenvalue weighted by atomic mass is 16.5. The van der Waals surface area contributed by atoms with Crippen molar-refractivity contribution >= 4 is 11.8 Å². The summed E-state index contributed by atoms with van der Waals surface area (Å²) in [5.74, 6) is -0.148. The molecule has 0 saturated carbocycles. The number of esters is 1. The molecule has 0 bridgehead atoms. The van der Waals surface area contributed by atoms with Crippen molar-refractivity contribution in [3.8, 4) is 0 Å². The Balaban J connectivity index is 3.21. The Labute approximate surface area is 96.9 Å². The Morgan fingerprint density at radius 2 is 2.00 bits per heavy atom. The summed E-state index contributed by atoms with van der Waals surface area (Å²) in [6.07, 6.45) is 1.96. The average molecular weight is 224 g/mol.